The van der Waals surface area contributed by atoms with Gasteiger partial charge in [-0.3, -0.25) is 0 Å². The molecule has 0 bridgehead atoms. The van der Waals surface area contributed by atoms with Crippen LogP contribution < -0.4 is 9.46 Å². The van der Waals surface area contributed by atoms with E-state index in [0.717, 1.165) is 0 Å². The zero-order chi connectivity index (χ0) is 25.5. The number of carboxylic acid groups (broad SMARTS) is 1. The predicted octanol–water partition coefficient (Wildman–Crippen LogP) is 5.20. The highest BCUT2D eigenvalue weighted by molar-refractivity contribution is 7.89. The maximum absolute atomic E-state index is 13.1. The molecule has 186 valence electrons. The monoisotopic (exact) mass is 531 g/mol. The lowest BCUT2D eigenvalue weighted by Crippen LogP contribution is -2.32. The summed E-state index contributed by atoms with van der Waals surface area (Å²) in [7, 11) is -4.85. The van der Waals surface area contributed by atoms with E-state index in [1.165, 1.54) is 12.1 Å². The number of sulfonamides is 1. The van der Waals surface area contributed by atoms with E-state index in [1.807, 2.05) is 0 Å². The molecule has 0 amide bonds. The summed E-state index contributed by atoms with van der Waals surface area (Å²) in [6.07, 6.45) is -9.53. The van der Waals surface area contributed by atoms with Crippen LogP contribution in [0.4, 0.5) is 26.3 Å². The van der Waals surface area contributed by atoms with E-state index in [2.05, 4.69) is 4.72 Å². The second-order valence-electron chi connectivity index (χ2n) is 7.46. The first kappa shape index (κ1) is 26.1. The van der Waals surface area contributed by atoms with Crippen molar-refractivity contribution in [2.45, 2.75) is 42.6 Å². The molecule has 14 heteroatoms. The first-order valence-corrected chi connectivity index (χ1v) is 11.4. The molecule has 0 saturated carbocycles. The Balaban J connectivity index is 2.02. The molecule has 0 aliphatic heterocycles. The standard InChI is InChI=1S/C20H16ClF6NO5S/c21-12-7-15-14(17(8-12)33-9-18(29)30)2-1-3-16(15)28-34(31,32)13-5-10(19(22,23)24)4-11(6-13)20(25,26)27/h4-8,16,28H,1-3,9H2,(H,29,30). The maximum Gasteiger partial charge on any atom is 0.416 e. The predicted molar refractivity (Wildman–Crippen MR) is 107 cm³/mol. The van der Waals surface area contributed by atoms with Crippen LogP contribution in [0.25, 0.3) is 0 Å². The van der Waals surface area contributed by atoms with Crippen molar-refractivity contribution in [3.63, 3.8) is 0 Å². The van der Waals surface area contributed by atoms with Gasteiger partial charge in [0.1, 0.15) is 5.75 Å². The van der Waals surface area contributed by atoms with Crippen LogP contribution in [-0.4, -0.2) is 26.1 Å². The maximum atomic E-state index is 13.1. The molecular formula is C20H16ClF6NO5S. The number of carboxylic acids is 1. The molecule has 0 spiro atoms. The Hall–Kier alpha value is -2.51. The van der Waals surface area contributed by atoms with Crippen molar-refractivity contribution in [1.82, 2.24) is 4.72 Å². The molecule has 0 aromatic heterocycles. The minimum absolute atomic E-state index is 0.0728. The first-order chi connectivity index (χ1) is 15.6. The van der Waals surface area contributed by atoms with E-state index in [0.29, 0.717) is 18.4 Å². The Kier molecular flexibility index (Phi) is 7.11. The number of alkyl halides is 6. The van der Waals surface area contributed by atoms with Crippen LogP contribution in [0.2, 0.25) is 5.02 Å². The summed E-state index contributed by atoms with van der Waals surface area (Å²) in [5.41, 5.74) is -2.81. The number of hydrogen-bond acceptors (Lipinski definition) is 4. The third kappa shape index (κ3) is 5.94. The lowest BCUT2D eigenvalue weighted by atomic mass is 9.87. The molecule has 2 aromatic rings. The highest BCUT2D eigenvalue weighted by atomic mass is 35.5. The Morgan fingerprint density at radius 1 is 1.06 bits per heavy atom. The molecule has 3 rings (SSSR count). The summed E-state index contributed by atoms with van der Waals surface area (Å²) < 4.78 is 112. The molecule has 6 nitrogen and oxygen atoms in total. The summed E-state index contributed by atoms with van der Waals surface area (Å²) in [5, 5.41) is 8.90. The van der Waals surface area contributed by atoms with E-state index in [9.17, 15) is 39.6 Å². The van der Waals surface area contributed by atoms with Gasteiger partial charge >= 0.3 is 18.3 Å². The molecular weight excluding hydrogens is 516 g/mol. The minimum Gasteiger partial charge on any atom is -0.482 e. The largest absolute Gasteiger partial charge is 0.482 e. The smallest absolute Gasteiger partial charge is 0.416 e. The fraction of sp³-hybridized carbons (Fsp3) is 0.350. The SMILES string of the molecule is O=C(O)COc1cc(Cl)cc2c1CCCC2NS(=O)(=O)c1cc(C(F)(F)F)cc(C(F)(F)F)c1. The molecule has 2 aromatic carbocycles. The Labute approximate surface area is 194 Å². The highest BCUT2D eigenvalue weighted by Gasteiger charge is 2.39. The Bertz CT molecular complexity index is 1180. The molecule has 2 N–H and O–H groups in total. The topological polar surface area (TPSA) is 92.7 Å². The fourth-order valence-electron chi connectivity index (χ4n) is 3.58. The van der Waals surface area contributed by atoms with E-state index < -0.39 is 57.0 Å². The quantitative estimate of drug-likeness (QED) is 0.500. The lowest BCUT2D eigenvalue weighted by molar-refractivity contribution is -0.143. The molecule has 0 saturated heterocycles. The van der Waals surface area contributed by atoms with Crippen molar-refractivity contribution in [3.8, 4) is 5.75 Å². The van der Waals surface area contributed by atoms with Crippen molar-refractivity contribution in [2.24, 2.45) is 0 Å². The van der Waals surface area contributed by atoms with Crippen LogP contribution in [0.15, 0.2) is 35.2 Å². The van der Waals surface area contributed by atoms with Crippen LogP contribution in [-0.2, 0) is 33.6 Å². The van der Waals surface area contributed by atoms with Gasteiger partial charge in [0.05, 0.1) is 16.0 Å². The van der Waals surface area contributed by atoms with Gasteiger partial charge in [-0.05, 0) is 60.7 Å². The summed E-state index contributed by atoms with van der Waals surface area (Å²) in [6.45, 7) is -0.701. The van der Waals surface area contributed by atoms with Gasteiger partial charge in [0.2, 0.25) is 10.0 Å². The molecule has 1 aliphatic rings. The van der Waals surface area contributed by atoms with E-state index in [-0.39, 0.29) is 41.0 Å². The highest BCUT2D eigenvalue weighted by Crippen LogP contribution is 2.40. The van der Waals surface area contributed by atoms with Crippen molar-refractivity contribution >= 4 is 27.6 Å². The van der Waals surface area contributed by atoms with Crippen LogP contribution in [0.5, 0.6) is 5.75 Å². The van der Waals surface area contributed by atoms with Gasteiger partial charge in [0.25, 0.3) is 0 Å². The summed E-state index contributed by atoms with van der Waals surface area (Å²) in [4.78, 5) is 9.62. The second-order valence-corrected chi connectivity index (χ2v) is 9.61. The number of fused-ring (bicyclic) bond motifs is 1. The van der Waals surface area contributed by atoms with Crippen molar-refractivity contribution in [1.29, 1.82) is 0 Å². The van der Waals surface area contributed by atoms with Gasteiger partial charge in [-0.1, -0.05) is 11.6 Å². The molecule has 0 radical (unpaired) electrons. The van der Waals surface area contributed by atoms with E-state index in [4.69, 9.17) is 21.4 Å². The zero-order valence-electron chi connectivity index (χ0n) is 16.9. The summed E-state index contributed by atoms with van der Waals surface area (Å²) in [5.74, 6) is -1.18. The first-order valence-electron chi connectivity index (χ1n) is 9.56. The number of carbonyl (C=O) groups is 1. The van der Waals surface area contributed by atoms with Gasteiger partial charge in [0, 0.05) is 11.1 Å². The second kappa shape index (κ2) is 9.27. The number of halogens is 7. The van der Waals surface area contributed by atoms with Gasteiger partial charge < -0.3 is 9.84 Å². The normalized spacial score (nSPS) is 16.7. The summed E-state index contributed by atoms with van der Waals surface area (Å²) in [6, 6.07) is 1.75. The van der Waals surface area contributed by atoms with E-state index >= 15 is 0 Å². The van der Waals surface area contributed by atoms with Crippen molar-refractivity contribution in [3.05, 3.63) is 57.6 Å². The number of benzene rings is 2. The average molecular weight is 532 g/mol. The number of hydrogen-bond donors (Lipinski definition) is 2. The minimum atomic E-state index is -5.22. The average Bonchev–Trinajstić information content (AvgIpc) is 2.70. The molecule has 1 aliphatic carbocycles. The van der Waals surface area contributed by atoms with Crippen LogP contribution >= 0.6 is 11.6 Å². The Morgan fingerprint density at radius 2 is 1.65 bits per heavy atom. The summed E-state index contributed by atoms with van der Waals surface area (Å²) >= 11 is 6.04. The Morgan fingerprint density at radius 3 is 2.18 bits per heavy atom. The molecule has 34 heavy (non-hydrogen) atoms. The van der Waals surface area contributed by atoms with E-state index in [1.54, 1.807) is 0 Å². The zero-order valence-corrected chi connectivity index (χ0v) is 18.5. The van der Waals surface area contributed by atoms with Crippen molar-refractivity contribution < 1.29 is 49.4 Å². The third-order valence-electron chi connectivity index (χ3n) is 5.02. The molecule has 1 unspecified atom stereocenters. The van der Waals surface area contributed by atoms with Crippen LogP contribution in [0, 0.1) is 0 Å². The fourth-order valence-corrected chi connectivity index (χ4v) is 5.11. The van der Waals surface area contributed by atoms with Gasteiger partial charge in [-0.25, -0.2) is 17.9 Å². The van der Waals surface area contributed by atoms with Crippen molar-refractivity contribution in [2.75, 3.05) is 6.61 Å². The number of nitrogens with one attached hydrogen (secondary N) is 1. The molecule has 0 fully saturated rings. The van der Waals surface area contributed by atoms with Gasteiger partial charge in [0.15, 0.2) is 6.61 Å². The number of rotatable bonds is 6. The van der Waals surface area contributed by atoms with Crippen LogP contribution in [0.3, 0.4) is 0 Å². The molecule has 0 heterocycles. The van der Waals surface area contributed by atoms with Crippen LogP contribution in [0.1, 0.15) is 41.1 Å². The molecule has 1 atom stereocenters. The van der Waals surface area contributed by atoms with Gasteiger partial charge in [-0.2, -0.15) is 26.3 Å². The van der Waals surface area contributed by atoms with Gasteiger partial charge in [-0.15, -0.1) is 0 Å². The number of aliphatic carboxylic acids is 1. The number of ether oxygens (including phenoxy) is 1. The lowest BCUT2D eigenvalue weighted by Gasteiger charge is -2.28. The third-order valence-corrected chi connectivity index (χ3v) is 6.69.